The van der Waals surface area contributed by atoms with Crippen LogP contribution in [-0.2, 0) is 14.3 Å². The average molecular weight is 398 g/mol. The number of hydrogen-bond acceptors (Lipinski definition) is 4. The van der Waals surface area contributed by atoms with E-state index in [2.05, 4.69) is 6.92 Å². The maximum atomic E-state index is 11.7. The Morgan fingerprint density at radius 3 is 1.50 bits per heavy atom. The summed E-state index contributed by atoms with van der Waals surface area (Å²) in [6.07, 6.45) is 20.5. The molecule has 0 heterocycles. The van der Waals surface area contributed by atoms with Gasteiger partial charge in [-0.25, -0.2) is 4.79 Å². The predicted octanol–water partition coefficient (Wildman–Crippen LogP) is 6.69. The van der Waals surface area contributed by atoms with E-state index in [9.17, 15) is 9.59 Å². The monoisotopic (exact) mass is 397 g/mol. The summed E-state index contributed by atoms with van der Waals surface area (Å²) in [6.45, 7) is 6.13. The van der Waals surface area contributed by atoms with Gasteiger partial charge in [-0.3, -0.25) is 4.79 Å². The van der Waals surface area contributed by atoms with Crippen molar-refractivity contribution in [2.45, 2.75) is 136 Å². The lowest BCUT2D eigenvalue weighted by molar-refractivity contribution is -0.161. The van der Waals surface area contributed by atoms with Crippen LogP contribution in [0, 0.1) is 5.92 Å². The molecule has 0 aliphatic carbocycles. The van der Waals surface area contributed by atoms with Gasteiger partial charge in [-0.2, -0.15) is 0 Å². The first-order valence-corrected chi connectivity index (χ1v) is 12.0. The minimum absolute atomic E-state index is 0.0334. The van der Waals surface area contributed by atoms with Crippen molar-refractivity contribution in [2.75, 3.05) is 0 Å². The zero-order valence-corrected chi connectivity index (χ0v) is 19.0. The lowest BCUT2D eigenvalue weighted by Crippen LogP contribution is -2.39. The highest BCUT2D eigenvalue weighted by molar-refractivity contribution is 5.88. The first kappa shape index (κ1) is 27.1. The van der Waals surface area contributed by atoms with E-state index in [0.29, 0.717) is 6.42 Å². The fourth-order valence-electron chi connectivity index (χ4n) is 3.36. The molecular formula is C24H47NO3. The van der Waals surface area contributed by atoms with E-state index in [1.54, 1.807) is 0 Å². The molecule has 0 spiro atoms. The van der Waals surface area contributed by atoms with Crippen LogP contribution in [-0.4, -0.2) is 18.0 Å². The molecule has 0 fully saturated rings. The average Bonchev–Trinajstić information content (AvgIpc) is 2.69. The summed E-state index contributed by atoms with van der Waals surface area (Å²) in [7, 11) is 0. The quantitative estimate of drug-likeness (QED) is 0.150. The van der Waals surface area contributed by atoms with Crippen LogP contribution in [0.15, 0.2) is 0 Å². The molecule has 0 radical (unpaired) electrons. The number of rotatable bonds is 19. The second-order valence-corrected chi connectivity index (χ2v) is 8.40. The highest BCUT2D eigenvalue weighted by Crippen LogP contribution is 2.14. The second-order valence-electron chi connectivity index (χ2n) is 8.40. The molecule has 0 unspecified atom stereocenters. The molecule has 0 rings (SSSR count). The minimum Gasteiger partial charge on any atom is -0.392 e. The number of nitrogens with two attached hydrogens (primary N) is 1. The van der Waals surface area contributed by atoms with E-state index in [1.165, 1.54) is 77.0 Å². The van der Waals surface area contributed by atoms with E-state index in [-0.39, 0.29) is 5.92 Å². The van der Waals surface area contributed by atoms with Crippen molar-refractivity contribution in [1.29, 1.82) is 0 Å². The van der Waals surface area contributed by atoms with Gasteiger partial charge in [0.15, 0.2) is 0 Å². The summed E-state index contributed by atoms with van der Waals surface area (Å²) in [6, 6.07) is -0.699. The van der Waals surface area contributed by atoms with Crippen molar-refractivity contribution in [3.63, 3.8) is 0 Å². The van der Waals surface area contributed by atoms with Crippen LogP contribution in [0.5, 0.6) is 0 Å². The molecule has 0 amide bonds. The zero-order valence-electron chi connectivity index (χ0n) is 19.0. The van der Waals surface area contributed by atoms with Crippen LogP contribution in [0.2, 0.25) is 0 Å². The molecule has 0 aliphatic rings. The molecular weight excluding hydrogens is 350 g/mol. The Kier molecular flexibility index (Phi) is 18.8. The normalized spacial score (nSPS) is 13.3. The van der Waals surface area contributed by atoms with Crippen molar-refractivity contribution in [2.24, 2.45) is 11.7 Å². The molecule has 2 atom stereocenters. The van der Waals surface area contributed by atoms with Crippen LogP contribution >= 0.6 is 0 Å². The van der Waals surface area contributed by atoms with E-state index >= 15 is 0 Å². The Labute approximate surface area is 174 Å². The molecule has 4 nitrogen and oxygen atoms in total. The lowest BCUT2D eigenvalue weighted by Gasteiger charge is -2.15. The predicted molar refractivity (Wildman–Crippen MR) is 118 cm³/mol. The summed E-state index contributed by atoms with van der Waals surface area (Å²) < 4.78 is 4.85. The third kappa shape index (κ3) is 16.1. The molecule has 0 aromatic heterocycles. The maximum Gasteiger partial charge on any atom is 0.330 e. The topological polar surface area (TPSA) is 69.4 Å². The van der Waals surface area contributed by atoms with Crippen molar-refractivity contribution in [1.82, 2.24) is 0 Å². The number of hydrogen-bond donors (Lipinski definition) is 1. The van der Waals surface area contributed by atoms with Crippen LogP contribution in [0.1, 0.15) is 130 Å². The first-order valence-electron chi connectivity index (χ1n) is 12.0. The lowest BCUT2D eigenvalue weighted by atomic mass is 10.0. The third-order valence-electron chi connectivity index (χ3n) is 5.73. The van der Waals surface area contributed by atoms with Crippen molar-refractivity contribution in [3.05, 3.63) is 0 Å². The molecule has 166 valence electrons. The third-order valence-corrected chi connectivity index (χ3v) is 5.73. The van der Waals surface area contributed by atoms with Gasteiger partial charge in [0.25, 0.3) is 0 Å². The molecule has 0 saturated heterocycles. The summed E-state index contributed by atoms with van der Waals surface area (Å²) in [5.74, 6) is -0.982. The Morgan fingerprint density at radius 2 is 1.11 bits per heavy atom. The smallest absolute Gasteiger partial charge is 0.330 e. The molecule has 0 aromatic carbocycles. The van der Waals surface area contributed by atoms with Gasteiger partial charge in [-0.05, 0) is 12.3 Å². The van der Waals surface area contributed by atoms with Gasteiger partial charge in [0, 0.05) is 6.42 Å². The standard InChI is InChI=1S/C24H47NO3/c1-4-6-7-8-9-10-11-12-13-14-15-16-17-18-19-20-22(26)28-24(27)23(25)21(3)5-2/h21,23H,4-20,25H2,1-3H3/t21-,23-/m1/s1. The molecule has 0 saturated carbocycles. The fourth-order valence-corrected chi connectivity index (χ4v) is 3.36. The largest absolute Gasteiger partial charge is 0.392 e. The van der Waals surface area contributed by atoms with Crippen LogP contribution < -0.4 is 5.73 Å². The van der Waals surface area contributed by atoms with E-state index in [0.717, 1.165) is 25.7 Å². The fraction of sp³-hybridized carbons (Fsp3) is 0.917. The molecule has 0 aromatic rings. The van der Waals surface area contributed by atoms with Gasteiger partial charge >= 0.3 is 11.9 Å². The zero-order chi connectivity index (χ0) is 21.0. The Bertz CT molecular complexity index is 384. The highest BCUT2D eigenvalue weighted by Gasteiger charge is 2.23. The van der Waals surface area contributed by atoms with E-state index < -0.39 is 18.0 Å². The summed E-state index contributed by atoms with van der Waals surface area (Å²) in [5, 5.41) is 0. The number of ether oxygens (including phenoxy) is 1. The Morgan fingerprint density at radius 1 is 0.714 bits per heavy atom. The van der Waals surface area contributed by atoms with Crippen molar-refractivity contribution >= 4 is 11.9 Å². The molecule has 0 bridgehead atoms. The van der Waals surface area contributed by atoms with Crippen LogP contribution in [0.25, 0.3) is 0 Å². The van der Waals surface area contributed by atoms with Crippen molar-refractivity contribution in [3.8, 4) is 0 Å². The van der Waals surface area contributed by atoms with Gasteiger partial charge in [0.05, 0.1) is 0 Å². The number of carbonyl (C=O) groups excluding carboxylic acids is 2. The van der Waals surface area contributed by atoms with Gasteiger partial charge in [0.2, 0.25) is 0 Å². The van der Waals surface area contributed by atoms with Crippen molar-refractivity contribution < 1.29 is 14.3 Å². The van der Waals surface area contributed by atoms with Gasteiger partial charge in [0.1, 0.15) is 6.04 Å². The Balaban J connectivity index is 3.37. The molecule has 2 N–H and O–H groups in total. The van der Waals surface area contributed by atoms with Crippen LogP contribution in [0.3, 0.4) is 0 Å². The second kappa shape index (κ2) is 19.4. The van der Waals surface area contributed by atoms with Crippen LogP contribution in [0.4, 0.5) is 0 Å². The summed E-state index contributed by atoms with van der Waals surface area (Å²) in [4.78, 5) is 23.5. The number of carbonyl (C=O) groups is 2. The maximum absolute atomic E-state index is 11.7. The summed E-state index contributed by atoms with van der Waals surface area (Å²) in [5.41, 5.74) is 5.78. The van der Waals surface area contributed by atoms with Gasteiger partial charge < -0.3 is 10.5 Å². The SMILES string of the molecule is CCCCCCCCCCCCCCCCCC(=O)OC(=O)[C@H](N)[C@H](C)CC. The number of unbranched alkanes of at least 4 members (excludes halogenated alkanes) is 14. The molecule has 28 heavy (non-hydrogen) atoms. The number of esters is 2. The van der Waals surface area contributed by atoms with E-state index in [1.807, 2.05) is 13.8 Å². The highest BCUT2D eigenvalue weighted by atomic mass is 16.6. The van der Waals surface area contributed by atoms with Gasteiger partial charge in [-0.15, -0.1) is 0 Å². The van der Waals surface area contributed by atoms with Gasteiger partial charge in [-0.1, -0.05) is 117 Å². The molecule has 4 heteroatoms. The summed E-state index contributed by atoms with van der Waals surface area (Å²) >= 11 is 0. The first-order chi connectivity index (χ1) is 13.5. The Hall–Kier alpha value is -0.900. The van der Waals surface area contributed by atoms with E-state index in [4.69, 9.17) is 10.5 Å². The molecule has 0 aliphatic heterocycles. The minimum atomic E-state index is -0.699.